The Bertz CT molecular complexity index is 795. The number of nitro groups is 1. The Morgan fingerprint density at radius 2 is 1.96 bits per heavy atom. The maximum absolute atomic E-state index is 12.2. The van der Waals surface area contributed by atoms with Crippen LogP contribution in [0.1, 0.15) is 15.9 Å². The monoisotopic (exact) mass is 373 g/mol. The zero-order valence-corrected chi connectivity index (χ0v) is 15.4. The zero-order chi connectivity index (χ0) is 19.6. The van der Waals surface area contributed by atoms with Crippen LogP contribution < -0.4 is 15.4 Å². The van der Waals surface area contributed by atoms with Gasteiger partial charge in [0, 0.05) is 25.3 Å². The molecule has 2 aromatic carbocycles. The summed E-state index contributed by atoms with van der Waals surface area (Å²) < 4.78 is 10.5. The first-order valence-electron chi connectivity index (χ1n) is 8.50. The first kappa shape index (κ1) is 20.2. The van der Waals surface area contributed by atoms with Crippen molar-refractivity contribution in [2.45, 2.75) is 6.92 Å². The molecule has 0 spiro atoms. The number of hydrogen-bond donors (Lipinski definition) is 2. The van der Waals surface area contributed by atoms with Gasteiger partial charge in [0.05, 0.1) is 18.1 Å². The van der Waals surface area contributed by atoms with Crippen molar-refractivity contribution in [2.24, 2.45) is 0 Å². The maximum atomic E-state index is 12.2. The number of amides is 1. The lowest BCUT2D eigenvalue weighted by molar-refractivity contribution is -0.384. The number of nitro benzene ring substituents is 1. The van der Waals surface area contributed by atoms with Crippen LogP contribution in [0.15, 0.2) is 42.5 Å². The molecule has 2 rings (SSSR count). The highest BCUT2D eigenvalue weighted by atomic mass is 16.6. The fourth-order valence-corrected chi connectivity index (χ4v) is 2.40. The molecular weight excluding hydrogens is 350 g/mol. The summed E-state index contributed by atoms with van der Waals surface area (Å²) >= 11 is 0. The molecule has 0 aliphatic heterocycles. The SMILES string of the molecule is COCCNc1ccc(C(=O)NCCOc2cccc(C)c2)cc1[N+](=O)[O-]. The van der Waals surface area contributed by atoms with Crippen LogP contribution in [0.4, 0.5) is 11.4 Å². The van der Waals surface area contributed by atoms with E-state index in [1.54, 1.807) is 13.2 Å². The summed E-state index contributed by atoms with van der Waals surface area (Å²) in [6, 6.07) is 11.9. The van der Waals surface area contributed by atoms with Crippen LogP contribution in [-0.4, -0.2) is 44.2 Å². The van der Waals surface area contributed by atoms with Crippen molar-refractivity contribution in [1.82, 2.24) is 5.32 Å². The predicted octanol–water partition coefficient (Wildman–Crippen LogP) is 2.77. The smallest absolute Gasteiger partial charge is 0.293 e. The van der Waals surface area contributed by atoms with Gasteiger partial charge >= 0.3 is 0 Å². The zero-order valence-electron chi connectivity index (χ0n) is 15.4. The number of anilines is 1. The molecule has 0 fully saturated rings. The van der Waals surface area contributed by atoms with Gasteiger partial charge in [0.2, 0.25) is 0 Å². The van der Waals surface area contributed by atoms with Crippen LogP contribution in [0.3, 0.4) is 0 Å². The molecule has 0 saturated carbocycles. The standard InChI is InChI=1S/C19H23N3O5/c1-14-4-3-5-16(12-14)27-11-9-21-19(23)15-6-7-17(20-8-10-26-2)18(13-15)22(24)25/h3-7,12-13,20H,8-11H2,1-2H3,(H,21,23). The molecule has 2 N–H and O–H groups in total. The van der Waals surface area contributed by atoms with Crippen LogP contribution >= 0.6 is 0 Å². The van der Waals surface area contributed by atoms with Crippen LogP contribution in [0.2, 0.25) is 0 Å². The second-order valence-electron chi connectivity index (χ2n) is 5.83. The van der Waals surface area contributed by atoms with Crippen LogP contribution in [0.5, 0.6) is 5.75 Å². The van der Waals surface area contributed by atoms with E-state index in [1.807, 2.05) is 31.2 Å². The average molecular weight is 373 g/mol. The van der Waals surface area contributed by atoms with E-state index in [9.17, 15) is 14.9 Å². The molecule has 0 unspecified atom stereocenters. The molecule has 1 amide bonds. The first-order valence-corrected chi connectivity index (χ1v) is 8.50. The van der Waals surface area contributed by atoms with Gasteiger partial charge in [-0.25, -0.2) is 0 Å². The molecule has 0 bridgehead atoms. The van der Waals surface area contributed by atoms with Crippen molar-refractivity contribution in [2.75, 3.05) is 38.7 Å². The number of ether oxygens (including phenoxy) is 2. The summed E-state index contributed by atoms with van der Waals surface area (Å²) in [5, 5.41) is 16.9. The molecule has 0 aromatic heterocycles. The number of methoxy groups -OCH3 is 1. The lowest BCUT2D eigenvalue weighted by Crippen LogP contribution is -2.28. The predicted molar refractivity (Wildman–Crippen MR) is 102 cm³/mol. The summed E-state index contributed by atoms with van der Waals surface area (Å²) in [7, 11) is 1.55. The Balaban J connectivity index is 1.91. The molecule has 2 aromatic rings. The van der Waals surface area contributed by atoms with Crippen molar-refractivity contribution in [3.63, 3.8) is 0 Å². The molecule has 27 heavy (non-hydrogen) atoms. The molecular formula is C19H23N3O5. The maximum Gasteiger partial charge on any atom is 0.293 e. The van der Waals surface area contributed by atoms with Gasteiger partial charge in [-0.3, -0.25) is 14.9 Å². The lowest BCUT2D eigenvalue weighted by Gasteiger charge is -2.10. The highest BCUT2D eigenvalue weighted by Crippen LogP contribution is 2.25. The minimum atomic E-state index is -0.521. The second-order valence-corrected chi connectivity index (χ2v) is 5.83. The van der Waals surface area contributed by atoms with E-state index in [4.69, 9.17) is 9.47 Å². The van der Waals surface area contributed by atoms with Gasteiger partial charge < -0.3 is 20.1 Å². The molecule has 0 aliphatic carbocycles. The largest absolute Gasteiger partial charge is 0.492 e. The molecule has 0 heterocycles. The van der Waals surface area contributed by atoms with Crippen molar-refractivity contribution in [1.29, 1.82) is 0 Å². The molecule has 8 heteroatoms. The third kappa shape index (κ3) is 6.27. The Hall–Kier alpha value is -3.13. The Morgan fingerprint density at radius 3 is 2.67 bits per heavy atom. The number of carbonyl (C=O) groups is 1. The third-order valence-corrected chi connectivity index (χ3v) is 3.72. The fourth-order valence-electron chi connectivity index (χ4n) is 2.40. The number of hydrogen-bond acceptors (Lipinski definition) is 6. The number of benzene rings is 2. The number of rotatable bonds is 10. The van der Waals surface area contributed by atoms with Gasteiger partial charge in [-0.05, 0) is 36.8 Å². The fraction of sp³-hybridized carbons (Fsp3) is 0.316. The summed E-state index contributed by atoms with van der Waals surface area (Å²) in [6.07, 6.45) is 0. The van der Waals surface area contributed by atoms with Crippen molar-refractivity contribution in [3.05, 3.63) is 63.7 Å². The van der Waals surface area contributed by atoms with Crippen molar-refractivity contribution in [3.8, 4) is 5.75 Å². The minimum Gasteiger partial charge on any atom is -0.492 e. The Morgan fingerprint density at radius 1 is 1.15 bits per heavy atom. The molecule has 0 atom stereocenters. The van der Waals surface area contributed by atoms with E-state index < -0.39 is 10.8 Å². The van der Waals surface area contributed by atoms with Gasteiger partial charge in [-0.1, -0.05) is 12.1 Å². The lowest BCUT2D eigenvalue weighted by atomic mass is 10.1. The van der Waals surface area contributed by atoms with Gasteiger partial charge in [-0.15, -0.1) is 0 Å². The Kier molecular flexibility index (Phi) is 7.57. The average Bonchev–Trinajstić information content (AvgIpc) is 2.65. The minimum absolute atomic E-state index is 0.158. The van der Waals surface area contributed by atoms with Gasteiger partial charge in [0.1, 0.15) is 18.0 Å². The number of aryl methyl sites for hydroxylation is 1. The third-order valence-electron chi connectivity index (χ3n) is 3.72. The van der Waals surface area contributed by atoms with E-state index in [1.165, 1.54) is 12.1 Å². The first-order chi connectivity index (χ1) is 13.0. The van der Waals surface area contributed by atoms with E-state index in [0.717, 1.165) is 11.3 Å². The summed E-state index contributed by atoms with van der Waals surface area (Å²) in [6.45, 7) is 3.40. The normalized spacial score (nSPS) is 10.3. The van der Waals surface area contributed by atoms with Crippen molar-refractivity contribution < 1.29 is 19.2 Å². The van der Waals surface area contributed by atoms with Gasteiger partial charge in [0.15, 0.2) is 0 Å². The number of carbonyl (C=O) groups excluding carboxylic acids is 1. The Labute approximate surface area is 157 Å². The van der Waals surface area contributed by atoms with E-state index in [2.05, 4.69) is 10.6 Å². The van der Waals surface area contributed by atoms with Crippen LogP contribution in [0, 0.1) is 17.0 Å². The van der Waals surface area contributed by atoms with Crippen LogP contribution in [0.25, 0.3) is 0 Å². The van der Waals surface area contributed by atoms with Crippen LogP contribution in [-0.2, 0) is 4.74 Å². The number of nitrogens with zero attached hydrogens (tertiary/aromatic N) is 1. The van der Waals surface area contributed by atoms with Crippen molar-refractivity contribution >= 4 is 17.3 Å². The molecule has 0 saturated heterocycles. The van der Waals surface area contributed by atoms with E-state index in [0.29, 0.717) is 25.4 Å². The summed E-state index contributed by atoms with van der Waals surface area (Å²) in [5.41, 5.74) is 1.49. The molecule has 0 aliphatic rings. The molecule has 0 radical (unpaired) electrons. The van der Waals surface area contributed by atoms with E-state index in [-0.39, 0.29) is 17.8 Å². The highest BCUT2D eigenvalue weighted by Gasteiger charge is 2.17. The highest BCUT2D eigenvalue weighted by molar-refractivity contribution is 5.95. The summed E-state index contributed by atoms with van der Waals surface area (Å²) in [4.78, 5) is 23.0. The van der Waals surface area contributed by atoms with E-state index >= 15 is 0 Å². The topological polar surface area (TPSA) is 103 Å². The van der Waals surface area contributed by atoms with Gasteiger partial charge in [0.25, 0.3) is 11.6 Å². The molecule has 144 valence electrons. The second kappa shape index (κ2) is 10.1. The molecule has 8 nitrogen and oxygen atoms in total. The summed E-state index contributed by atoms with van der Waals surface area (Å²) in [5.74, 6) is 0.334. The van der Waals surface area contributed by atoms with Gasteiger partial charge in [-0.2, -0.15) is 0 Å². The quantitative estimate of drug-likeness (QED) is 0.377. The number of nitrogens with one attached hydrogen (secondary N) is 2.